The lowest BCUT2D eigenvalue weighted by Crippen LogP contribution is -2.26. The molecule has 2 aliphatic carbocycles. The van der Waals surface area contributed by atoms with Crippen molar-refractivity contribution >= 4 is 21.8 Å². The standard InChI is InChI=1S/2C24H25FN6/c2*1-14-8-15(20-4-2-3-7-26-20)9-19(25)23(14)21-10-18-22(12-27-21)29-30-24(18)16-11-28-31(13-16)17-5-6-17/h2*8-13,17,20,26H,2-7H2,1H3,(H,29,30). The zero-order chi connectivity index (χ0) is 41.9. The Hall–Kier alpha value is -6.12. The average molecular weight is 833 g/mol. The van der Waals surface area contributed by atoms with Crippen molar-refractivity contribution < 1.29 is 8.78 Å². The molecule has 0 spiro atoms. The first-order chi connectivity index (χ1) is 30.3. The minimum absolute atomic E-state index is 0.221. The molecule has 12 rings (SSSR count). The maximum atomic E-state index is 15.3. The normalized spacial score (nSPS) is 19.2. The van der Waals surface area contributed by atoms with Crippen molar-refractivity contribution in [2.75, 3.05) is 13.1 Å². The number of halogens is 2. The number of pyridine rings is 2. The highest BCUT2D eigenvalue weighted by Gasteiger charge is 2.27. The molecule has 62 heavy (non-hydrogen) atoms. The number of aryl methyl sites for hydroxylation is 2. The molecule has 2 saturated carbocycles. The molecule has 4 fully saturated rings. The lowest BCUT2D eigenvalue weighted by Gasteiger charge is -2.24. The van der Waals surface area contributed by atoms with Crippen LogP contribution in [-0.4, -0.2) is 63.0 Å². The van der Waals surface area contributed by atoms with E-state index in [4.69, 9.17) is 0 Å². The van der Waals surface area contributed by atoms with Gasteiger partial charge >= 0.3 is 0 Å². The molecule has 2 unspecified atom stereocenters. The van der Waals surface area contributed by atoms with Crippen molar-refractivity contribution in [3.8, 4) is 45.0 Å². The number of aromatic nitrogens is 10. The van der Waals surface area contributed by atoms with Crippen molar-refractivity contribution in [1.29, 1.82) is 0 Å². The first-order valence-corrected chi connectivity index (χ1v) is 22.2. The van der Waals surface area contributed by atoms with Gasteiger partial charge in [-0.2, -0.15) is 20.4 Å². The highest BCUT2D eigenvalue weighted by atomic mass is 19.1. The summed E-state index contributed by atoms with van der Waals surface area (Å²) in [6.45, 7) is 5.91. The molecule has 2 aromatic carbocycles. The second kappa shape index (κ2) is 16.0. The number of hydrogen-bond donors (Lipinski definition) is 4. The first kappa shape index (κ1) is 38.8. The number of piperidine rings is 2. The maximum Gasteiger partial charge on any atom is 0.133 e. The van der Waals surface area contributed by atoms with Crippen LogP contribution in [-0.2, 0) is 0 Å². The van der Waals surface area contributed by atoms with E-state index in [-0.39, 0.29) is 23.7 Å². The fourth-order valence-corrected chi connectivity index (χ4v) is 9.41. The molecule has 4 N–H and O–H groups in total. The SMILES string of the molecule is Cc1cc(C2CCCCN2)cc(F)c1-c1cc2c(-c3cnn(C4CC4)c3)n[nH]c2cn1.Cc1cc(C2CCCCN2)cc(F)c1-c1cc2c(-c3cnn(C4CC4)c3)n[nH]c2cn1. The van der Waals surface area contributed by atoms with Crippen molar-refractivity contribution in [1.82, 2.24) is 60.6 Å². The minimum Gasteiger partial charge on any atom is -0.310 e. The Morgan fingerprint density at radius 2 is 1.00 bits per heavy atom. The average Bonchev–Trinajstić information content (AvgIpc) is 4.10. The van der Waals surface area contributed by atoms with Gasteiger partial charge in [-0.15, -0.1) is 0 Å². The van der Waals surface area contributed by atoms with Gasteiger partial charge in [0.15, 0.2) is 0 Å². The largest absolute Gasteiger partial charge is 0.310 e. The lowest BCUT2D eigenvalue weighted by atomic mass is 9.93. The summed E-state index contributed by atoms with van der Waals surface area (Å²) < 4.78 is 34.6. The molecule has 2 saturated heterocycles. The smallest absolute Gasteiger partial charge is 0.133 e. The summed E-state index contributed by atoms with van der Waals surface area (Å²) in [5.41, 5.74) is 11.5. The minimum atomic E-state index is -0.221. The number of nitrogens with zero attached hydrogens (tertiary/aromatic N) is 8. The lowest BCUT2D eigenvalue weighted by molar-refractivity contribution is 0.411. The van der Waals surface area contributed by atoms with Gasteiger partial charge in [-0.05, 0) is 125 Å². The van der Waals surface area contributed by atoms with Gasteiger partial charge in [0.1, 0.15) is 23.0 Å². The number of H-pyrrole nitrogens is 2. The fraction of sp³-hybridized carbons (Fsp3) is 0.375. The van der Waals surface area contributed by atoms with E-state index in [9.17, 15) is 0 Å². The number of hydrogen-bond acceptors (Lipinski definition) is 8. The highest BCUT2D eigenvalue weighted by molar-refractivity contribution is 5.95. The van der Waals surface area contributed by atoms with Crippen LogP contribution in [0.3, 0.4) is 0 Å². The molecule has 8 aromatic rings. The molecule has 0 amide bonds. The molecule has 12 nitrogen and oxygen atoms in total. The van der Waals surface area contributed by atoms with E-state index in [0.717, 1.165) is 92.5 Å². The highest BCUT2D eigenvalue weighted by Crippen LogP contribution is 2.39. The number of benzene rings is 2. The van der Waals surface area contributed by atoms with Gasteiger partial charge in [0.2, 0.25) is 0 Å². The Labute approximate surface area is 358 Å². The summed E-state index contributed by atoms with van der Waals surface area (Å²) in [5, 5.41) is 32.9. The molecule has 2 atom stereocenters. The van der Waals surface area contributed by atoms with Crippen LogP contribution >= 0.6 is 0 Å². The van der Waals surface area contributed by atoms with E-state index in [2.05, 4.69) is 63.3 Å². The van der Waals surface area contributed by atoms with Crippen LogP contribution in [0.25, 0.3) is 66.8 Å². The molecule has 14 heteroatoms. The second-order valence-corrected chi connectivity index (χ2v) is 17.6. The molecule has 2 aliphatic heterocycles. The second-order valence-electron chi connectivity index (χ2n) is 17.6. The van der Waals surface area contributed by atoms with Gasteiger partial charge < -0.3 is 10.6 Å². The molecule has 0 radical (unpaired) electrons. The van der Waals surface area contributed by atoms with E-state index in [1.54, 1.807) is 24.5 Å². The van der Waals surface area contributed by atoms with Gasteiger partial charge in [-0.3, -0.25) is 29.5 Å². The van der Waals surface area contributed by atoms with Crippen LogP contribution < -0.4 is 10.6 Å². The van der Waals surface area contributed by atoms with Crippen LogP contribution in [0.5, 0.6) is 0 Å². The third-order valence-corrected chi connectivity index (χ3v) is 13.0. The molecule has 8 heterocycles. The molecular formula is C48H50F2N12. The van der Waals surface area contributed by atoms with Crippen LogP contribution in [0.15, 0.2) is 73.6 Å². The molecule has 6 aromatic heterocycles. The van der Waals surface area contributed by atoms with Crippen molar-refractivity contribution in [3.63, 3.8) is 0 Å². The van der Waals surface area contributed by atoms with Crippen LogP contribution in [0.2, 0.25) is 0 Å². The molecule has 4 aliphatic rings. The maximum absolute atomic E-state index is 15.3. The third kappa shape index (κ3) is 7.48. The summed E-state index contributed by atoms with van der Waals surface area (Å²) in [6.07, 6.45) is 22.8. The Kier molecular flexibility index (Phi) is 9.99. The van der Waals surface area contributed by atoms with E-state index < -0.39 is 0 Å². The summed E-state index contributed by atoms with van der Waals surface area (Å²) in [6, 6.07) is 12.9. The Morgan fingerprint density at radius 1 is 0.548 bits per heavy atom. The fourth-order valence-electron chi connectivity index (χ4n) is 9.41. The van der Waals surface area contributed by atoms with Crippen molar-refractivity contribution in [3.05, 3.63) is 107 Å². The molecular weight excluding hydrogens is 783 g/mol. The predicted molar refractivity (Wildman–Crippen MR) is 236 cm³/mol. The summed E-state index contributed by atoms with van der Waals surface area (Å²) in [7, 11) is 0. The number of aromatic amines is 2. The summed E-state index contributed by atoms with van der Waals surface area (Å²) >= 11 is 0. The number of fused-ring (bicyclic) bond motifs is 2. The zero-order valence-corrected chi connectivity index (χ0v) is 35.1. The van der Waals surface area contributed by atoms with Gasteiger partial charge in [0.25, 0.3) is 0 Å². The van der Waals surface area contributed by atoms with E-state index in [0.29, 0.717) is 34.6 Å². The monoisotopic (exact) mass is 832 g/mol. The van der Waals surface area contributed by atoms with Crippen LogP contribution in [0.4, 0.5) is 8.78 Å². The topological polar surface area (TPSA) is 143 Å². The van der Waals surface area contributed by atoms with Gasteiger partial charge in [-0.25, -0.2) is 8.78 Å². The summed E-state index contributed by atoms with van der Waals surface area (Å²) in [4.78, 5) is 9.09. The van der Waals surface area contributed by atoms with E-state index >= 15 is 8.78 Å². The van der Waals surface area contributed by atoms with Crippen LogP contribution in [0, 0.1) is 25.5 Å². The van der Waals surface area contributed by atoms with E-state index in [1.165, 1.54) is 51.4 Å². The van der Waals surface area contributed by atoms with Gasteiger partial charge in [0.05, 0.1) is 59.3 Å². The van der Waals surface area contributed by atoms with Crippen molar-refractivity contribution in [2.24, 2.45) is 0 Å². The van der Waals surface area contributed by atoms with Gasteiger partial charge in [-0.1, -0.05) is 25.0 Å². The van der Waals surface area contributed by atoms with Gasteiger partial charge in [0, 0.05) is 57.5 Å². The van der Waals surface area contributed by atoms with Crippen LogP contribution in [0.1, 0.15) is 111 Å². The zero-order valence-electron chi connectivity index (χ0n) is 35.1. The quantitative estimate of drug-likeness (QED) is 0.119. The Morgan fingerprint density at radius 3 is 1.39 bits per heavy atom. The molecule has 0 bridgehead atoms. The first-order valence-electron chi connectivity index (χ1n) is 22.2. The Bertz CT molecular complexity index is 2680. The molecule has 316 valence electrons. The third-order valence-electron chi connectivity index (χ3n) is 13.0. The number of nitrogens with one attached hydrogen (secondary N) is 4. The van der Waals surface area contributed by atoms with Crippen molar-refractivity contribution in [2.45, 2.75) is 102 Å². The Balaban J connectivity index is 0.000000139. The number of rotatable bonds is 8. The van der Waals surface area contributed by atoms with E-state index in [1.807, 2.05) is 60.1 Å². The predicted octanol–water partition coefficient (Wildman–Crippen LogP) is 10.2. The summed E-state index contributed by atoms with van der Waals surface area (Å²) in [5.74, 6) is -0.443.